The molecule has 0 saturated carbocycles. The predicted molar refractivity (Wildman–Crippen MR) is 58.6 cm³/mol. The summed E-state index contributed by atoms with van der Waals surface area (Å²) in [5, 5.41) is 0. The number of rotatable bonds is 4. The van der Waals surface area contributed by atoms with Crippen molar-refractivity contribution in [3.8, 4) is 11.5 Å². The summed E-state index contributed by atoms with van der Waals surface area (Å²) in [6, 6.07) is 3.98. The molecule has 0 aliphatic carbocycles. The second-order valence-corrected chi connectivity index (χ2v) is 3.50. The highest BCUT2D eigenvalue weighted by molar-refractivity contribution is 5.60. The van der Waals surface area contributed by atoms with Crippen LogP contribution in [-0.4, -0.2) is 27.1 Å². The zero-order chi connectivity index (χ0) is 13.1. The van der Waals surface area contributed by atoms with Gasteiger partial charge in [0.25, 0.3) is 0 Å². The molecule has 1 aromatic carbocycles. The van der Waals surface area contributed by atoms with Gasteiger partial charge in [0.2, 0.25) is 0 Å². The van der Waals surface area contributed by atoms with E-state index in [0.29, 0.717) is 18.0 Å². The van der Waals surface area contributed by atoms with Crippen molar-refractivity contribution >= 4 is 5.69 Å². The molecular weight excluding hydrogens is 235 g/mol. The van der Waals surface area contributed by atoms with Gasteiger partial charge in [0.15, 0.2) is 0 Å². The first-order valence-electron chi connectivity index (χ1n) is 5.03. The van der Waals surface area contributed by atoms with Gasteiger partial charge in [0, 0.05) is 20.2 Å². The number of nitrogens with zero attached hydrogens (tertiary/aromatic N) is 1. The summed E-state index contributed by atoms with van der Waals surface area (Å²) in [5.41, 5.74) is 0.536. The number of hydrogen-bond donors (Lipinski definition) is 0. The van der Waals surface area contributed by atoms with E-state index < -0.39 is 6.36 Å². The molecule has 0 aliphatic heterocycles. The fraction of sp³-hybridized carbons (Fsp3) is 0.455. The first-order valence-corrected chi connectivity index (χ1v) is 5.03. The average molecular weight is 249 g/mol. The molecule has 0 saturated heterocycles. The molecule has 1 aromatic rings. The molecule has 1 rings (SSSR count). The number of alkyl halides is 3. The summed E-state index contributed by atoms with van der Waals surface area (Å²) >= 11 is 0. The lowest BCUT2D eigenvalue weighted by Crippen LogP contribution is -2.18. The second-order valence-electron chi connectivity index (χ2n) is 3.50. The lowest BCUT2D eigenvalue weighted by molar-refractivity contribution is -0.274. The number of ether oxygens (including phenoxy) is 2. The van der Waals surface area contributed by atoms with Crippen molar-refractivity contribution in [2.45, 2.75) is 13.3 Å². The molecule has 0 aromatic heterocycles. The molecule has 0 heterocycles. The lowest BCUT2D eigenvalue weighted by Gasteiger charge is -2.19. The fourth-order valence-corrected chi connectivity index (χ4v) is 1.32. The normalized spacial score (nSPS) is 11.2. The van der Waals surface area contributed by atoms with E-state index in [4.69, 9.17) is 4.74 Å². The van der Waals surface area contributed by atoms with Crippen LogP contribution in [0.25, 0.3) is 0 Å². The number of halogens is 3. The quantitative estimate of drug-likeness (QED) is 0.818. The molecule has 0 bridgehead atoms. The van der Waals surface area contributed by atoms with Gasteiger partial charge in [-0.15, -0.1) is 13.2 Å². The lowest BCUT2D eigenvalue weighted by atomic mass is 10.2. The predicted octanol–water partition coefficient (Wildman–Crippen LogP) is 3.05. The third-order valence-electron chi connectivity index (χ3n) is 1.95. The van der Waals surface area contributed by atoms with Crippen LogP contribution in [0.1, 0.15) is 6.92 Å². The van der Waals surface area contributed by atoms with Gasteiger partial charge in [0.1, 0.15) is 11.5 Å². The smallest absolute Gasteiger partial charge is 0.492 e. The minimum atomic E-state index is -4.68. The van der Waals surface area contributed by atoms with Gasteiger partial charge in [-0.25, -0.2) is 0 Å². The Balaban J connectivity index is 3.01. The third kappa shape index (κ3) is 4.05. The Labute approximate surface area is 97.7 Å². The van der Waals surface area contributed by atoms with E-state index in [1.54, 1.807) is 25.9 Å². The highest BCUT2D eigenvalue weighted by atomic mass is 19.4. The third-order valence-corrected chi connectivity index (χ3v) is 1.95. The van der Waals surface area contributed by atoms with E-state index in [2.05, 4.69) is 4.74 Å². The summed E-state index contributed by atoms with van der Waals surface area (Å²) < 4.78 is 45.3. The fourth-order valence-electron chi connectivity index (χ4n) is 1.32. The Bertz CT molecular complexity index is 377. The van der Waals surface area contributed by atoms with Crippen LogP contribution in [0, 0.1) is 0 Å². The van der Waals surface area contributed by atoms with Crippen molar-refractivity contribution in [2.75, 3.05) is 25.6 Å². The standard InChI is InChI=1S/C11H14F3NO2/c1-4-16-10-6-5-8(17-11(12,13)14)7-9(10)15(2)3/h5-7H,4H2,1-3H3. The van der Waals surface area contributed by atoms with Crippen LogP contribution in [0.5, 0.6) is 11.5 Å². The Hall–Kier alpha value is -1.59. The van der Waals surface area contributed by atoms with E-state index in [-0.39, 0.29) is 5.75 Å². The monoisotopic (exact) mass is 249 g/mol. The number of hydrogen-bond acceptors (Lipinski definition) is 3. The Morgan fingerprint density at radius 1 is 1.24 bits per heavy atom. The Morgan fingerprint density at radius 3 is 2.35 bits per heavy atom. The van der Waals surface area contributed by atoms with Gasteiger partial charge in [-0.1, -0.05) is 0 Å². The molecule has 0 aliphatic rings. The molecule has 0 N–H and O–H groups in total. The maximum Gasteiger partial charge on any atom is 0.573 e. The van der Waals surface area contributed by atoms with Crippen molar-refractivity contribution < 1.29 is 22.6 Å². The summed E-state index contributed by atoms with van der Waals surface area (Å²) in [4.78, 5) is 1.66. The molecular formula is C11H14F3NO2. The van der Waals surface area contributed by atoms with E-state index in [1.165, 1.54) is 18.2 Å². The van der Waals surface area contributed by atoms with Crippen molar-refractivity contribution in [1.82, 2.24) is 0 Å². The zero-order valence-corrected chi connectivity index (χ0v) is 9.84. The van der Waals surface area contributed by atoms with Gasteiger partial charge in [0.05, 0.1) is 12.3 Å². The van der Waals surface area contributed by atoms with Gasteiger partial charge >= 0.3 is 6.36 Å². The number of benzene rings is 1. The minimum Gasteiger partial charge on any atom is -0.492 e. The topological polar surface area (TPSA) is 21.7 Å². The van der Waals surface area contributed by atoms with E-state index >= 15 is 0 Å². The van der Waals surface area contributed by atoms with E-state index in [0.717, 1.165) is 0 Å². The molecule has 0 unspecified atom stereocenters. The van der Waals surface area contributed by atoms with Gasteiger partial charge < -0.3 is 14.4 Å². The maximum absolute atomic E-state index is 12.1. The molecule has 0 atom stereocenters. The van der Waals surface area contributed by atoms with Crippen LogP contribution in [0.4, 0.5) is 18.9 Å². The average Bonchev–Trinajstić information content (AvgIpc) is 2.18. The molecule has 96 valence electrons. The van der Waals surface area contributed by atoms with Gasteiger partial charge in [-0.05, 0) is 19.1 Å². The molecule has 0 spiro atoms. The Kier molecular flexibility index (Phi) is 4.09. The van der Waals surface area contributed by atoms with Crippen LogP contribution in [-0.2, 0) is 0 Å². The second kappa shape index (κ2) is 5.16. The molecule has 0 radical (unpaired) electrons. The molecule has 0 fully saturated rings. The summed E-state index contributed by atoms with van der Waals surface area (Å²) in [6.07, 6.45) is -4.68. The summed E-state index contributed by atoms with van der Waals surface area (Å²) in [5.74, 6) is 0.261. The molecule has 6 heteroatoms. The number of anilines is 1. The van der Waals surface area contributed by atoms with Crippen molar-refractivity contribution in [1.29, 1.82) is 0 Å². The van der Waals surface area contributed by atoms with Crippen LogP contribution in [0.2, 0.25) is 0 Å². The van der Waals surface area contributed by atoms with Crippen LogP contribution in [0.15, 0.2) is 18.2 Å². The largest absolute Gasteiger partial charge is 0.573 e. The van der Waals surface area contributed by atoms with E-state index in [1.807, 2.05) is 0 Å². The van der Waals surface area contributed by atoms with Crippen molar-refractivity contribution in [2.24, 2.45) is 0 Å². The van der Waals surface area contributed by atoms with Crippen LogP contribution in [0.3, 0.4) is 0 Å². The van der Waals surface area contributed by atoms with Crippen molar-refractivity contribution in [3.05, 3.63) is 18.2 Å². The highest BCUT2D eigenvalue weighted by Gasteiger charge is 2.31. The van der Waals surface area contributed by atoms with Crippen LogP contribution >= 0.6 is 0 Å². The maximum atomic E-state index is 12.1. The summed E-state index contributed by atoms with van der Waals surface area (Å²) in [6.45, 7) is 2.25. The minimum absolute atomic E-state index is 0.260. The first-order chi connectivity index (χ1) is 7.83. The Morgan fingerprint density at radius 2 is 1.88 bits per heavy atom. The van der Waals surface area contributed by atoms with Gasteiger partial charge in [-0.3, -0.25) is 0 Å². The molecule has 17 heavy (non-hydrogen) atoms. The van der Waals surface area contributed by atoms with Gasteiger partial charge in [-0.2, -0.15) is 0 Å². The van der Waals surface area contributed by atoms with Crippen LogP contribution < -0.4 is 14.4 Å². The van der Waals surface area contributed by atoms with Crippen molar-refractivity contribution in [3.63, 3.8) is 0 Å². The first kappa shape index (κ1) is 13.5. The summed E-state index contributed by atoms with van der Waals surface area (Å²) in [7, 11) is 3.43. The molecule has 0 amide bonds. The highest BCUT2D eigenvalue weighted by Crippen LogP contribution is 2.33. The SMILES string of the molecule is CCOc1ccc(OC(F)(F)F)cc1N(C)C. The van der Waals surface area contributed by atoms with E-state index in [9.17, 15) is 13.2 Å². The zero-order valence-electron chi connectivity index (χ0n) is 9.84. The molecule has 3 nitrogen and oxygen atoms in total.